The summed E-state index contributed by atoms with van der Waals surface area (Å²) in [7, 11) is 0. The number of aromatic amines is 1. The van der Waals surface area contributed by atoms with Crippen molar-refractivity contribution in [3.8, 4) is 0 Å². The van der Waals surface area contributed by atoms with E-state index in [9.17, 15) is 4.79 Å². The van der Waals surface area contributed by atoms with E-state index in [1.54, 1.807) is 0 Å². The van der Waals surface area contributed by atoms with Gasteiger partial charge in [0.05, 0.1) is 5.54 Å². The number of hydrogen-bond acceptors (Lipinski definition) is 1. The Kier molecular flexibility index (Phi) is 2.61. The molecule has 5 rings (SSSR count). The zero-order chi connectivity index (χ0) is 15.8. The third-order valence-electron chi connectivity index (χ3n) is 6.82. The second kappa shape index (κ2) is 4.40. The van der Waals surface area contributed by atoms with Gasteiger partial charge in [-0.15, -0.1) is 0 Å². The van der Waals surface area contributed by atoms with Crippen molar-refractivity contribution in [2.45, 2.75) is 45.1 Å². The Hall–Kier alpha value is -1.77. The number of nitrogens with zero attached hydrogens (tertiary/aromatic N) is 1. The molecule has 3 aliphatic rings. The maximum Gasteiger partial charge on any atom is 0.226 e. The third-order valence-corrected chi connectivity index (χ3v) is 6.82. The fourth-order valence-electron chi connectivity index (χ4n) is 5.86. The fraction of sp³-hybridized carbons (Fsp3) is 0.550. The van der Waals surface area contributed by atoms with E-state index >= 15 is 0 Å². The Morgan fingerprint density at radius 2 is 2.04 bits per heavy atom. The average molecular weight is 308 g/mol. The molecule has 0 radical (unpaired) electrons. The Morgan fingerprint density at radius 1 is 1.22 bits per heavy atom. The predicted octanol–water partition coefficient (Wildman–Crippen LogP) is 3.83. The van der Waals surface area contributed by atoms with Gasteiger partial charge in [0, 0.05) is 29.1 Å². The summed E-state index contributed by atoms with van der Waals surface area (Å²) < 4.78 is 0. The quantitative estimate of drug-likeness (QED) is 0.789. The van der Waals surface area contributed by atoms with Gasteiger partial charge in [-0.25, -0.2) is 0 Å². The summed E-state index contributed by atoms with van der Waals surface area (Å²) in [6.07, 6.45) is 4.54. The molecule has 1 saturated carbocycles. The number of amides is 1. The predicted molar refractivity (Wildman–Crippen MR) is 91.1 cm³/mol. The van der Waals surface area contributed by atoms with E-state index < -0.39 is 0 Å². The van der Waals surface area contributed by atoms with Gasteiger partial charge in [0.2, 0.25) is 5.91 Å². The van der Waals surface area contributed by atoms with Crippen LogP contribution in [0.3, 0.4) is 0 Å². The molecule has 4 atom stereocenters. The first kappa shape index (κ1) is 13.6. The highest BCUT2D eigenvalue weighted by molar-refractivity contribution is 5.89. The van der Waals surface area contributed by atoms with Gasteiger partial charge in [-0.05, 0) is 42.7 Å². The molecule has 3 heterocycles. The number of H-pyrrole nitrogens is 1. The maximum atomic E-state index is 12.9. The van der Waals surface area contributed by atoms with Crippen LogP contribution < -0.4 is 0 Å². The number of carbonyl (C=O) groups excluding carboxylic acids is 1. The van der Waals surface area contributed by atoms with Crippen LogP contribution in [-0.4, -0.2) is 22.3 Å². The Bertz CT molecular complexity index is 807. The number of fused-ring (bicyclic) bond motifs is 3. The van der Waals surface area contributed by atoms with Crippen LogP contribution in [0.4, 0.5) is 0 Å². The SMILES string of the molecule is CC1C(=O)N2CCc3c([nH]c4ccccc34)C23C[C@H](C)CCC13. The van der Waals surface area contributed by atoms with Gasteiger partial charge in [-0.2, -0.15) is 0 Å². The molecule has 2 aliphatic heterocycles. The maximum absolute atomic E-state index is 12.9. The minimum atomic E-state index is -0.0687. The van der Waals surface area contributed by atoms with E-state index in [-0.39, 0.29) is 11.5 Å². The minimum absolute atomic E-state index is 0.0687. The van der Waals surface area contributed by atoms with E-state index in [2.05, 4.69) is 48.0 Å². The van der Waals surface area contributed by atoms with Crippen molar-refractivity contribution < 1.29 is 4.79 Å². The lowest BCUT2D eigenvalue weighted by molar-refractivity contribution is -0.135. The second-order valence-corrected chi connectivity index (χ2v) is 7.97. The summed E-state index contributed by atoms with van der Waals surface area (Å²) >= 11 is 0. The molecule has 1 amide bonds. The summed E-state index contributed by atoms with van der Waals surface area (Å²) in [4.78, 5) is 18.9. The van der Waals surface area contributed by atoms with E-state index in [0.717, 1.165) is 19.4 Å². The van der Waals surface area contributed by atoms with Crippen molar-refractivity contribution in [1.29, 1.82) is 0 Å². The van der Waals surface area contributed by atoms with Crippen LogP contribution in [0.1, 0.15) is 44.4 Å². The molecule has 3 unspecified atom stereocenters. The van der Waals surface area contributed by atoms with Crippen molar-refractivity contribution in [3.05, 3.63) is 35.5 Å². The molecule has 1 aromatic carbocycles. The van der Waals surface area contributed by atoms with E-state index in [0.29, 0.717) is 17.7 Å². The molecule has 1 saturated heterocycles. The summed E-state index contributed by atoms with van der Waals surface area (Å²) in [6, 6.07) is 8.64. The molecular weight excluding hydrogens is 284 g/mol. The van der Waals surface area contributed by atoms with Crippen LogP contribution in [0.25, 0.3) is 10.9 Å². The zero-order valence-corrected chi connectivity index (χ0v) is 13.9. The van der Waals surface area contributed by atoms with Gasteiger partial charge in [0.25, 0.3) is 0 Å². The molecule has 1 aromatic heterocycles. The molecule has 2 aromatic rings. The van der Waals surface area contributed by atoms with Gasteiger partial charge < -0.3 is 9.88 Å². The van der Waals surface area contributed by atoms with Gasteiger partial charge in [-0.1, -0.05) is 38.5 Å². The monoisotopic (exact) mass is 308 g/mol. The van der Waals surface area contributed by atoms with Crippen molar-refractivity contribution >= 4 is 16.8 Å². The van der Waals surface area contributed by atoms with Crippen LogP contribution in [0, 0.1) is 17.8 Å². The molecule has 0 bridgehead atoms. The lowest BCUT2D eigenvalue weighted by Crippen LogP contribution is -2.53. The molecule has 3 nitrogen and oxygen atoms in total. The molecule has 23 heavy (non-hydrogen) atoms. The van der Waals surface area contributed by atoms with Crippen molar-refractivity contribution in [2.24, 2.45) is 17.8 Å². The van der Waals surface area contributed by atoms with Crippen molar-refractivity contribution in [2.75, 3.05) is 6.54 Å². The number of rotatable bonds is 0. The Balaban J connectivity index is 1.80. The van der Waals surface area contributed by atoms with Crippen LogP contribution in [-0.2, 0) is 16.8 Å². The van der Waals surface area contributed by atoms with Gasteiger partial charge >= 0.3 is 0 Å². The van der Waals surface area contributed by atoms with E-state index in [1.807, 2.05) is 0 Å². The second-order valence-electron chi connectivity index (χ2n) is 7.97. The molecule has 3 heteroatoms. The highest BCUT2D eigenvalue weighted by Gasteiger charge is 2.61. The number of benzene rings is 1. The topological polar surface area (TPSA) is 36.1 Å². The third kappa shape index (κ3) is 1.53. The highest BCUT2D eigenvalue weighted by atomic mass is 16.2. The van der Waals surface area contributed by atoms with Gasteiger partial charge in [-0.3, -0.25) is 4.79 Å². The number of carbonyl (C=O) groups is 1. The summed E-state index contributed by atoms with van der Waals surface area (Å²) in [5, 5.41) is 1.36. The number of para-hydroxylation sites is 1. The van der Waals surface area contributed by atoms with E-state index in [1.165, 1.54) is 35.0 Å². The zero-order valence-electron chi connectivity index (χ0n) is 13.9. The lowest BCUT2D eigenvalue weighted by atomic mass is 9.64. The van der Waals surface area contributed by atoms with Gasteiger partial charge in [0.1, 0.15) is 0 Å². The largest absolute Gasteiger partial charge is 0.356 e. The van der Waals surface area contributed by atoms with E-state index in [4.69, 9.17) is 0 Å². The number of aromatic nitrogens is 1. The summed E-state index contributed by atoms with van der Waals surface area (Å²) in [5.74, 6) is 1.70. The molecular formula is C20H24N2O. The lowest BCUT2D eigenvalue weighted by Gasteiger charge is -2.50. The first-order valence-electron chi connectivity index (χ1n) is 9.04. The summed E-state index contributed by atoms with van der Waals surface area (Å²) in [6.45, 7) is 5.40. The Morgan fingerprint density at radius 3 is 2.91 bits per heavy atom. The van der Waals surface area contributed by atoms with Crippen LogP contribution in [0.15, 0.2) is 24.3 Å². The summed E-state index contributed by atoms with van der Waals surface area (Å²) in [5.41, 5.74) is 4.00. The molecule has 1 N–H and O–H groups in total. The van der Waals surface area contributed by atoms with Gasteiger partial charge in [0.15, 0.2) is 0 Å². The molecule has 1 spiro atoms. The molecule has 1 aliphatic carbocycles. The van der Waals surface area contributed by atoms with Crippen molar-refractivity contribution in [3.63, 3.8) is 0 Å². The van der Waals surface area contributed by atoms with Crippen LogP contribution >= 0.6 is 0 Å². The van der Waals surface area contributed by atoms with Crippen molar-refractivity contribution in [1.82, 2.24) is 9.88 Å². The van der Waals surface area contributed by atoms with Crippen LogP contribution in [0.5, 0.6) is 0 Å². The first-order valence-corrected chi connectivity index (χ1v) is 9.04. The smallest absolute Gasteiger partial charge is 0.226 e. The fourth-order valence-corrected chi connectivity index (χ4v) is 5.86. The number of nitrogens with one attached hydrogen (secondary N) is 1. The molecule has 120 valence electrons. The first-order chi connectivity index (χ1) is 11.1. The average Bonchev–Trinajstić information content (AvgIpc) is 3.03. The minimum Gasteiger partial charge on any atom is -0.356 e. The Labute approximate surface area is 137 Å². The number of hydrogen-bond donors (Lipinski definition) is 1. The molecule has 2 fully saturated rings. The standard InChI is InChI=1S/C20H24N2O/c1-12-7-8-16-13(2)19(23)22-10-9-15-14-5-3-4-6-17(14)21-18(15)20(16,22)11-12/h3-6,12-13,16,21H,7-11H2,1-2H3/t12-,13?,16?,20?/m1/s1. The van der Waals surface area contributed by atoms with Crippen LogP contribution in [0.2, 0.25) is 0 Å². The highest BCUT2D eigenvalue weighted by Crippen LogP contribution is 2.58. The normalized spacial score (nSPS) is 36.0.